The zero-order valence-corrected chi connectivity index (χ0v) is 37.8. The summed E-state index contributed by atoms with van der Waals surface area (Å²) in [6, 6.07) is 27.0. The van der Waals surface area contributed by atoms with Crippen LogP contribution in [0.25, 0.3) is 11.1 Å². The fraction of sp³-hybridized carbons (Fsp3) is 0.400. The predicted octanol–water partition coefficient (Wildman–Crippen LogP) is 5.52. The Bertz CT molecular complexity index is 2300. The second-order valence-electron chi connectivity index (χ2n) is 16.2. The highest BCUT2D eigenvalue weighted by Gasteiger charge is 2.39. The van der Waals surface area contributed by atoms with Crippen molar-refractivity contribution in [2.45, 2.75) is 38.3 Å². The number of fused-ring (bicyclic) bond motifs is 1. The van der Waals surface area contributed by atoms with Crippen LogP contribution in [0.15, 0.2) is 91.0 Å². The molecule has 4 amide bonds. The molecule has 15 nitrogen and oxygen atoms in total. The first-order valence-corrected chi connectivity index (χ1v) is 23.1. The molecule has 0 saturated carbocycles. The molecule has 1 atom stereocenters. The van der Waals surface area contributed by atoms with Crippen LogP contribution in [0.1, 0.15) is 58.3 Å². The summed E-state index contributed by atoms with van der Waals surface area (Å²) in [7, 11) is 0. The van der Waals surface area contributed by atoms with Crippen LogP contribution in [0.3, 0.4) is 0 Å². The first-order valence-electron chi connectivity index (χ1n) is 22.5. The summed E-state index contributed by atoms with van der Waals surface area (Å²) in [5.41, 5.74) is 7.08. The van der Waals surface area contributed by atoms with Gasteiger partial charge in [0.1, 0.15) is 29.9 Å². The number of aromatic hydroxyl groups is 2. The lowest BCUT2D eigenvalue weighted by Crippen LogP contribution is -2.52. The molecule has 350 valence electrons. The van der Waals surface area contributed by atoms with E-state index < -0.39 is 11.9 Å². The number of ether oxygens (including phenoxy) is 4. The van der Waals surface area contributed by atoms with Gasteiger partial charge < -0.3 is 44.3 Å². The Kier molecular flexibility index (Phi) is 17.4. The van der Waals surface area contributed by atoms with Crippen molar-refractivity contribution in [1.29, 1.82) is 0 Å². The first kappa shape index (κ1) is 48.0. The van der Waals surface area contributed by atoms with E-state index in [2.05, 4.69) is 15.5 Å². The molecule has 0 radical (unpaired) electrons. The number of phenolic OH excluding ortho intramolecular Hbond substituents is 2. The van der Waals surface area contributed by atoms with Gasteiger partial charge in [0, 0.05) is 74.9 Å². The van der Waals surface area contributed by atoms with Crippen LogP contribution in [0.4, 0.5) is 5.69 Å². The number of imide groups is 1. The molecule has 0 aliphatic carbocycles. The Morgan fingerprint density at radius 2 is 1.35 bits per heavy atom. The van der Waals surface area contributed by atoms with Gasteiger partial charge in [0.05, 0.1) is 46.1 Å². The van der Waals surface area contributed by atoms with Gasteiger partial charge in [-0.1, -0.05) is 42.5 Å². The Morgan fingerprint density at radius 1 is 0.727 bits per heavy atom. The third-order valence-electron chi connectivity index (χ3n) is 11.9. The maximum atomic E-state index is 13.0. The Labute approximate surface area is 390 Å². The summed E-state index contributed by atoms with van der Waals surface area (Å²) in [6.45, 7) is 7.24. The average Bonchev–Trinajstić information content (AvgIpc) is 3.66. The van der Waals surface area contributed by atoms with Gasteiger partial charge in [0.15, 0.2) is 0 Å². The zero-order chi connectivity index (χ0) is 46.3. The minimum atomic E-state index is -0.655. The third kappa shape index (κ3) is 12.9. The van der Waals surface area contributed by atoms with Crippen LogP contribution in [-0.4, -0.2) is 146 Å². The summed E-state index contributed by atoms with van der Waals surface area (Å²) in [5, 5.41) is 25.5. The van der Waals surface area contributed by atoms with Crippen molar-refractivity contribution >= 4 is 52.1 Å². The molecule has 7 rings (SSSR count). The molecule has 0 spiro atoms. The number of hydrogen-bond acceptors (Lipinski definition) is 12. The van der Waals surface area contributed by atoms with Gasteiger partial charge >= 0.3 is 0 Å². The fourth-order valence-corrected chi connectivity index (χ4v) is 8.60. The van der Waals surface area contributed by atoms with E-state index >= 15 is 0 Å². The highest BCUT2D eigenvalue weighted by atomic mass is 35.5. The van der Waals surface area contributed by atoms with Crippen molar-refractivity contribution < 1.29 is 48.3 Å². The number of hydrogen-bond donors (Lipinski definition) is 4. The highest BCUT2D eigenvalue weighted by Crippen LogP contribution is 2.37. The molecule has 3 aliphatic rings. The van der Waals surface area contributed by atoms with Crippen LogP contribution >= 0.6 is 11.6 Å². The van der Waals surface area contributed by atoms with E-state index in [-0.39, 0.29) is 35.6 Å². The van der Waals surface area contributed by atoms with E-state index in [1.807, 2.05) is 59.5 Å². The lowest BCUT2D eigenvalue weighted by atomic mass is 9.88. The normalized spacial score (nSPS) is 16.8. The number of carbonyl (C=O) groups is 4. The number of nitrogens with zero attached hydrogens (tertiary/aromatic N) is 3. The number of carbonyl (C=O) groups excluding carboxylic acids is 4. The molecule has 4 aromatic rings. The van der Waals surface area contributed by atoms with E-state index in [0.29, 0.717) is 103 Å². The molecule has 3 heterocycles. The van der Waals surface area contributed by atoms with Crippen LogP contribution < -0.4 is 15.4 Å². The van der Waals surface area contributed by atoms with Crippen molar-refractivity contribution in [3.8, 4) is 17.2 Å². The summed E-state index contributed by atoms with van der Waals surface area (Å²) in [4.78, 5) is 55.6. The molecule has 0 aromatic heterocycles. The predicted molar refractivity (Wildman–Crippen MR) is 250 cm³/mol. The van der Waals surface area contributed by atoms with E-state index in [1.54, 1.807) is 36.4 Å². The molecule has 2 saturated heterocycles. The van der Waals surface area contributed by atoms with Crippen molar-refractivity contribution in [2.24, 2.45) is 0 Å². The number of rotatable bonds is 23. The van der Waals surface area contributed by atoms with E-state index in [0.717, 1.165) is 64.5 Å². The Hall–Kier alpha value is -5.97. The summed E-state index contributed by atoms with van der Waals surface area (Å²) in [6.07, 6.45) is 1.45. The van der Waals surface area contributed by atoms with Gasteiger partial charge in [-0.15, -0.1) is 11.6 Å². The largest absolute Gasteiger partial charge is 0.508 e. The molecule has 0 bridgehead atoms. The van der Waals surface area contributed by atoms with Crippen LogP contribution in [-0.2, 0) is 35.1 Å². The molecule has 4 N–H and O–H groups in total. The zero-order valence-electron chi connectivity index (χ0n) is 37.1. The average molecular weight is 924 g/mol. The Morgan fingerprint density at radius 3 is 2.00 bits per heavy atom. The number of nitrogens with one attached hydrogen (secondary N) is 2. The smallest absolute Gasteiger partial charge is 0.255 e. The molecular weight excluding hydrogens is 866 g/mol. The van der Waals surface area contributed by atoms with Crippen molar-refractivity contribution in [3.63, 3.8) is 0 Å². The molecule has 66 heavy (non-hydrogen) atoms. The molecular formula is C50H58ClN5O10. The highest BCUT2D eigenvalue weighted by molar-refractivity contribution is 6.18. The number of piperazine rings is 1. The second kappa shape index (κ2) is 24.0. The number of anilines is 1. The van der Waals surface area contributed by atoms with Gasteiger partial charge in [-0.2, -0.15) is 0 Å². The number of phenols is 2. The number of allylic oxidation sites excluding steroid dienone is 1. The second-order valence-corrected chi connectivity index (χ2v) is 16.6. The monoisotopic (exact) mass is 923 g/mol. The van der Waals surface area contributed by atoms with Crippen LogP contribution in [0.5, 0.6) is 17.2 Å². The standard InChI is InChI=1S/C50H58ClN5O10/c51-20-18-41(35-4-10-38(57)11-5-35)48(36-6-12-39(58)13-7-36)37-8-14-40(15-9-37)66-29-26-54-22-24-55(25-23-54)47(60)19-27-63-30-32-65-33-31-64-28-21-52-44-3-1-2-42-43(44)34-56(50(42)62)45-16-17-46(59)53-49(45)61/h1-15,45,52,57-58H,16-34H2,(H,53,59,61). The molecule has 16 heteroatoms. The quantitative estimate of drug-likeness (QED) is 0.0318. The summed E-state index contributed by atoms with van der Waals surface area (Å²) >= 11 is 6.29. The van der Waals surface area contributed by atoms with Gasteiger partial charge in [-0.05, 0) is 89.2 Å². The SMILES string of the molecule is O=C1CCC(N2Cc3c(NCCOCCOCCOCCC(=O)N4CCN(CCOc5ccc(C(=C(CCCl)c6ccc(O)cc6)c6ccc(O)cc6)cc5)CC4)cccc3C2=O)C(=O)N1. The number of amides is 4. The van der Waals surface area contributed by atoms with Crippen LogP contribution in [0, 0.1) is 0 Å². The molecule has 1 unspecified atom stereocenters. The maximum Gasteiger partial charge on any atom is 0.255 e. The lowest BCUT2D eigenvalue weighted by Gasteiger charge is -2.34. The van der Waals surface area contributed by atoms with Crippen molar-refractivity contribution in [3.05, 3.63) is 119 Å². The summed E-state index contributed by atoms with van der Waals surface area (Å²) in [5.74, 6) is 0.667. The molecule has 2 fully saturated rings. The van der Waals surface area contributed by atoms with Gasteiger partial charge in [-0.3, -0.25) is 29.4 Å². The maximum absolute atomic E-state index is 13.0. The summed E-state index contributed by atoms with van der Waals surface area (Å²) < 4.78 is 23.1. The van der Waals surface area contributed by atoms with E-state index in [4.69, 9.17) is 30.5 Å². The van der Waals surface area contributed by atoms with Gasteiger partial charge in [0.2, 0.25) is 17.7 Å². The van der Waals surface area contributed by atoms with Gasteiger partial charge in [0.25, 0.3) is 5.91 Å². The molecule has 3 aliphatic heterocycles. The number of benzene rings is 4. The van der Waals surface area contributed by atoms with Crippen molar-refractivity contribution in [1.82, 2.24) is 20.0 Å². The van der Waals surface area contributed by atoms with Crippen molar-refractivity contribution in [2.75, 3.05) is 96.7 Å². The number of alkyl halides is 1. The number of piperidine rings is 1. The fourth-order valence-electron chi connectivity index (χ4n) is 8.41. The number of halogens is 1. The van der Waals surface area contributed by atoms with Gasteiger partial charge in [-0.25, -0.2) is 0 Å². The Balaban J connectivity index is 0.730. The first-order chi connectivity index (χ1) is 32.2. The lowest BCUT2D eigenvalue weighted by molar-refractivity contribution is -0.137. The van der Waals surface area contributed by atoms with E-state index in [9.17, 15) is 29.4 Å². The minimum absolute atomic E-state index is 0.0768. The van der Waals surface area contributed by atoms with Crippen LogP contribution in [0.2, 0.25) is 0 Å². The molecule has 4 aromatic carbocycles. The minimum Gasteiger partial charge on any atom is -0.508 e. The van der Waals surface area contributed by atoms with E-state index in [1.165, 1.54) is 4.90 Å². The topological polar surface area (TPSA) is 179 Å². The third-order valence-corrected chi connectivity index (χ3v) is 12.1.